The maximum absolute atomic E-state index is 12.9. The monoisotopic (exact) mass is 1480 g/mol. The lowest BCUT2D eigenvalue weighted by atomic mass is 9.99. The number of methoxy groups -OCH3 is 2. The number of nitrogens with one attached hydrogen (secondary N) is 4. The highest BCUT2D eigenvalue weighted by atomic mass is 35.5. The Labute approximate surface area is 618 Å². The van der Waals surface area contributed by atoms with Crippen LogP contribution in [0.5, 0.6) is 11.5 Å². The SMILES string of the molecule is CC(C)(C)OC(=O)N1CCC(=O)CC1.COc1ccc(Cl)cc1NC(=O)CN1CCc2nc3ccccc3c(Cl)c2C1.COc1ccc(Cl)cc1NC(=O)CN1CCc2nc3ccccc3c(NCC(=O)N3CCCC3)c2C1.Clc1c2c(nc3ccccc13)CCNC2.Nc1ccccc1C(=O)O. The molecule has 5 aliphatic rings. The normalized spacial score (nSPS) is 14.8. The number of hydrogen-bond donors (Lipinski definition) is 6. The third kappa shape index (κ3) is 20.5. The van der Waals surface area contributed by atoms with Crippen molar-refractivity contribution in [3.63, 3.8) is 0 Å². The van der Waals surface area contributed by atoms with Crippen molar-refractivity contribution >= 4 is 137 Å². The number of pyridine rings is 3. The average Bonchev–Trinajstić information content (AvgIpc) is 1.23. The number of hydrogen-bond acceptors (Lipinski definition) is 17. The van der Waals surface area contributed by atoms with Gasteiger partial charge in [0.25, 0.3) is 0 Å². The first-order valence-electron chi connectivity index (χ1n) is 34.1. The molecule has 26 heteroatoms. The number of nitrogens with zero attached hydrogens (tertiary/aromatic N) is 7. The van der Waals surface area contributed by atoms with Crippen LogP contribution in [0, 0.1) is 0 Å². The van der Waals surface area contributed by atoms with Gasteiger partial charge in [-0.2, -0.15) is 0 Å². The molecule has 22 nitrogen and oxygen atoms in total. The highest BCUT2D eigenvalue weighted by molar-refractivity contribution is 6.36. The fourth-order valence-electron chi connectivity index (χ4n) is 12.5. The number of nitrogen functional groups attached to an aromatic ring is 1. The number of carbonyl (C=O) groups is 6. The number of ether oxygens (including phenoxy) is 3. The van der Waals surface area contributed by atoms with Crippen LogP contribution in [-0.2, 0) is 62.8 Å². The molecule has 7 N–H and O–H groups in total. The van der Waals surface area contributed by atoms with E-state index in [4.69, 9.17) is 81.4 Å². The Morgan fingerprint density at radius 1 is 0.573 bits per heavy atom. The summed E-state index contributed by atoms with van der Waals surface area (Å²) in [5.41, 5.74) is 16.6. The zero-order valence-electron chi connectivity index (χ0n) is 58.2. The number of nitrogens with two attached hydrogens (primary N) is 1. The van der Waals surface area contributed by atoms with E-state index >= 15 is 0 Å². The fraction of sp³-hybridized carbons (Fsp3) is 0.338. The van der Waals surface area contributed by atoms with Gasteiger partial charge in [0.05, 0.1) is 83.1 Å². The standard InChI is InChI=1S/C27H30ClN5O3.C21H19Cl2N3O2.C12H11ClN2.C10H17NO3.C7H7NO2/c1-36-24-9-8-18(28)14-23(24)31-25(34)17-32-13-10-22-20(16-32)27(19-6-2-3-7-21(19)30-22)29-15-26(35)33-11-4-5-12-33;1-28-19-7-6-13(22)10-18(19)25-20(27)12-26-9-8-17-15(11-26)21(23)14-4-2-3-5-16(14)24-17;13-12-8-3-1-2-4-10(8)15-11-5-6-14-7-9(11)12;1-10(2,3)14-9(13)11-6-4-8(12)5-7-11;8-6-4-2-1-3-5(6)7(9)10/h2-3,6-9,14H,4-5,10-13,15-17H2,1H3,(H,29,30)(H,31,34);2-7,10H,8-9,11-12H2,1H3,(H,25,27);1-4,14H,5-7H2;4-7H2,1-3H3;1-4H,8H2,(H,9,10). The number of carbonyl (C=O) groups excluding carboxylic acids is 5. The van der Waals surface area contributed by atoms with E-state index in [1.807, 2.05) is 98.5 Å². The Morgan fingerprint density at radius 2 is 1.05 bits per heavy atom. The number of fused-ring (bicyclic) bond motifs is 6. The highest BCUT2D eigenvalue weighted by Gasteiger charge is 2.29. The van der Waals surface area contributed by atoms with Crippen LogP contribution in [0.2, 0.25) is 20.1 Å². The molecule has 6 aromatic carbocycles. The fourth-order valence-corrected chi connectivity index (χ4v) is 13.5. The van der Waals surface area contributed by atoms with Crippen LogP contribution in [0.1, 0.15) is 90.6 Å². The van der Waals surface area contributed by atoms with Gasteiger partial charge in [-0.05, 0) is 100 Å². The minimum atomic E-state index is -0.988. The van der Waals surface area contributed by atoms with Gasteiger partial charge < -0.3 is 56.1 Å². The predicted octanol–water partition coefficient (Wildman–Crippen LogP) is 13.6. The molecule has 4 amide bonds. The van der Waals surface area contributed by atoms with Gasteiger partial charge in [0.2, 0.25) is 17.7 Å². The van der Waals surface area contributed by atoms with E-state index in [0.717, 1.165) is 141 Å². The Bertz CT molecular complexity index is 4580. The molecule has 14 rings (SSSR count). The lowest BCUT2D eigenvalue weighted by Crippen LogP contribution is -2.41. The summed E-state index contributed by atoms with van der Waals surface area (Å²) in [6.45, 7) is 13.3. The number of halogens is 4. The van der Waals surface area contributed by atoms with Gasteiger partial charge in [0.1, 0.15) is 22.9 Å². The number of likely N-dealkylation sites (tertiary alicyclic amines) is 2. The molecule has 5 aliphatic heterocycles. The van der Waals surface area contributed by atoms with E-state index in [1.54, 1.807) is 73.7 Å². The van der Waals surface area contributed by atoms with Crippen molar-refractivity contribution in [2.75, 3.05) is 101 Å². The molecule has 8 heterocycles. The maximum atomic E-state index is 12.9. The van der Waals surface area contributed by atoms with Crippen LogP contribution in [0.4, 0.5) is 27.5 Å². The number of amides is 4. The number of aromatic carboxylic acids is 1. The van der Waals surface area contributed by atoms with Crippen molar-refractivity contribution in [2.24, 2.45) is 0 Å². The van der Waals surface area contributed by atoms with Crippen LogP contribution in [0.15, 0.2) is 133 Å². The molecule has 0 aliphatic carbocycles. The number of anilines is 4. The van der Waals surface area contributed by atoms with Gasteiger partial charge in [0.15, 0.2) is 0 Å². The van der Waals surface area contributed by atoms with Crippen molar-refractivity contribution in [3.8, 4) is 11.5 Å². The first-order chi connectivity index (χ1) is 49.5. The number of piperidine rings is 1. The summed E-state index contributed by atoms with van der Waals surface area (Å²) in [5, 5.41) is 26.7. The Balaban J connectivity index is 0.000000150. The van der Waals surface area contributed by atoms with E-state index in [2.05, 4.69) is 36.1 Å². The summed E-state index contributed by atoms with van der Waals surface area (Å²) in [6.07, 6.45) is 5.19. The molecule has 0 atom stereocenters. The molecule has 0 unspecified atom stereocenters. The van der Waals surface area contributed by atoms with Gasteiger partial charge in [-0.1, -0.05) is 113 Å². The van der Waals surface area contributed by atoms with Crippen LogP contribution < -0.4 is 36.5 Å². The lowest BCUT2D eigenvalue weighted by molar-refractivity contribution is -0.128. The van der Waals surface area contributed by atoms with Crippen LogP contribution in [0.3, 0.4) is 0 Å². The Kier molecular flexibility index (Phi) is 26.4. The average molecular weight is 1480 g/mol. The maximum Gasteiger partial charge on any atom is 0.410 e. The van der Waals surface area contributed by atoms with E-state index in [-0.39, 0.29) is 54.8 Å². The van der Waals surface area contributed by atoms with Crippen molar-refractivity contribution in [1.82, 2.24) is 39.9 Å². The molecular weight excluding hydrogens is 1390 g/mol. The highest BCUT2D eigenvalue weighted by Crippen LogP contribution is 2.36. The molecule has 0 bridgehead atoms. The Hall–Kier alpha value is -9.39. The van der Waals surface area contributed by atoms with E-state index in [9.17, 15) is 28.8 Å². The van der Waals surface area contributed by atoms with Crippen LogP contribution >= 0.6 is 46.4 Å². The second-order valence-corrected chi connectivity index (χ2v) is 27.8. The number of ketones is 1. The first kappa shape index (κ1) is 76.3. The van der Waals surface area contributed by atoms with Gasteiger partial charge in [-0.15, -0.1) is 0 Å². The molecule has 9 aromatic rings. The van der Waals surface area contributed by atoms with E-state index < -0.39 is 11.6 Å². The van der Waals surface area contributed by atoms with Gasteiger partial charge in [-0.25, -0.2) is 9.59 Å². The summed E-state index contributed by atoms with van der Waals surface area (Å²) in [4.78, 5) is 93.0. The summed E-state index contributed by atoms with van der Waals surface area (Å²) >= 11 is 25.2. The third-order valence-corrected chi connectivity index (χ3v) is 19.0. The van der Waals surface area contributed by atoms with Gasteiger partial charge >= 0.3 is 12.1 Å². The third-order valence-electron chi connectivity index (χ3n) is 17.7. The molecule has 2 fully saturated rings. The number of Topliss-reactive ketones (excluding diaryl/α,β-unsaturated/α-hetero) is 1. The number of carboxylic acid groups (broad SMARTS) is 1. The number of para-hydroxylation sites is 4. The first-order valence-corrected chi connectivity index (χ1v) is 35.6. The number of aromatic nitrogens is 3. The smallest absolute Gasteiger partial charge is 0.410 e. The largest absolute Gasteiger partial charge is 0.495 e. The van der Waals surface area contributed by atoms with Crippen molar-refractivity contribution < 1.29 is 48.1 Å². The number of benzene rings is 6. The van der Waals surface area contributed by atoms with Crippen molar-refractivity contribution in [3.05, 3.63) is 193 Å². The minimum absolute atomic E-state index is 0.115. The zero-order chi connectivity index (χ0) is 73.3. The Morgan fingerprint density at radius 3 is 1.56 bits per heavy atom. The molecule has 2 saturated heterocycles. The second-order valence-electron chi connectivity index (χ2n) is 26.1. The van der Waals surface area contributed by atoms with Crippen LogP contribution in [0.25, 0.3) is 32.7 Å². The van der Waals surface area contributed by atoms with Crippen molar-refractivity contribution in [2.45, 2.75) is 91.0 Å². The lowest BCUT2D eigenvalue weighted by Gasteiger charge is -2.30. The molecule has 0 saturated carbocycles. The molecule has 0 spiro atoms. The topological polar surface area (TPSA) is 276 Å². The molecule has 103 heavy (non-hydrogen) atoms. The van der Waals surface area contributed by atoms with Gasteiger partial charge in [-0.3, -0.25) is 43.9 Å². The quantitative estimate of drug-likeness (QED) is 0.0620. The summed E-state index contributed by atoms with van der Waals surface area (Å²) in [5.74, 6) is 0.204. The zero-order valence-corrected chi connectivity index (χ0v) is 61.2. The van der Waals surface area contributed by atoms with Crippen LogP contribution in [-0.4, -0.2) is 160 Å². The number of rotatable bonds is 12. The summed E-state index contributed by atoms with van der Waals surface area (Å²) < 4.78 is 15.8. The second kappa shape index (κ2) is 35.7. The van der Waals surface area contributed by atoms with Crippen molar-refractivity contribution in [1.29, 1.82) is 0 Å². The van der Waals surface area contributed by atoms with E-state index in [0.29, 0.717) is 84.2 Å². The van der Waals surface area contributed by atoms with E-state index in [1.165, 1.54) is 11.6 Å². The number of carboxylic acids is 1. The minimum Gasteiger partial charge on any atom is -0.495 e. The summed E-state index contributed by atoms with van der Waals surface area (Å²) in [7, 11) is 3.11. The molecule has 3 aromatic heterocycles. The summed E-state index contributed by atoms with van der Waals surface area (Å²) in [6, 6.07) is 40.5. The molecule has 0 radical (unpaired) electrons. The molecule has 540 valence electrons. The van der Waals surface area contributed by atoms with Gasteiger partial charge in [0, 0.05) is 163 Å². The molecular formula is C77H84Cl4N12O10. The predicted molar refractivity (Wildman–Crippen MR) is 406 cm³/mol.